The summed E-state index contributed by atoms with van der Waals surface area (Å²) in [6, 6.07) is 7.29. The number of H-pyrrole nitrogens is 1. The Labute approximate surface area is 133 Å². The average molecular weight is 312 g/mol. The number of aromatic nitrogens is 3. The number of anilines is 2. The van der Waals surface area contributed by atoms with Crippen LogP contribution in [0.3, 0.4) is 0 Å². The quantitative estimate of drug-likeness (QED) is 0.878. The SMILES string of the molecule is Cc1cccc(C(=O)Nc2[nH]nc(N3CCOCC3)c2C#N)n1. The lowest BCUT2D eigenvalue weighted by molar-refractivity contribution is 0.102. The number of amides is 1. The minimum Gasteiger partial charge on any atom is -0.378 e. The first-order valence-electron chi connectivity index (χ1n) is 7.25. The number of hydrogen-bond acceptors (Lipinski definition) is 6. The molecule has 0 unspecified atom stereocenters. The summed E-state index contributed by atoms with van der Waals surface area (Å²) in [6.07, 6.45) is 0. The Balaban J connectivity index is 1.82. The van der Waals surface area contributed by atoms with Crippen molar-refractivity contribution in [3.63, 3.8) is 0 Å². The molecule has 1 amide bonds. The third-order valence-electron chi connectivity index (χ3n) is 3.53. The van der Waals surface area contributed by atoms with Gasteiger partial charge in [0, 0.05) is 18.8 Å². The molecule has 2 aromatic rings. The van der Waals surface area contributed by atoms with Crippen LogP contribution in [0.4, 0.5) is 11.6 Å². The summed E-state index contributed by atoms with van der Waals surface area (Å²) in [5, 5.41) is 19.0. The Bertz CT molecular complexity index is 758. The standard InChI is InChI=1S/C15H16N6O2/c1-10-3-2-4-12(17-10)15(22)18-13-11(9-16)14(20-19-13)21-5-7-23-8-6-21/h2-4H,5-8H2,1H3,(H2,18,19,20,22). The molecule has 2 N–H and O–H groups in total. The maximum Gasteiger partial charge on any atom is 0.275 e. The summed E-state index contributed by atoms with van der Waals surface area (Å²) in [4.78, 5) is 18.4. The van der Waals surface area contributed by atoms with Crippen LogP contribution in [0.5, 0.6) is 0 Å². The Morgan fingerprint density at radius 1 is 1.43 bits per heavy atom. The van der Waals surface area contributed by atoms with Gasteiger partial charge >= 0.3 is 0 Å². The van der Waals surface area contributed by atoms with E-state index in [9.17, 15) is 10.1 Å². The molecule has 1 aliphatic heterocycles. The number of aromatic amines is 1. The first-order valence-corrected chi connectivity index (χ1v) is 7.25. The molecule has 0 aliphatic carbocycles. The van der Waals surface area contributed by atoms with Gasteiger partial charge in [0.1, 0.15) is 23.1 Å². The number of nitrogens with zero attached hydrogens (tertiary/aromatic N) is 4. The highest BCUT2D eigenvalue weighted by atomic mass is 16.5. The zero-order valence-corrected chi connectivity index (χ0v) is 12.7. The second-order valence-corrected chi connectivity index (χ2v) is 5.13. The first-order chi connectivity index (χ1) is 11.2. The van der Waals surface area contributed by atoms with Crippen molar-refractivity contribution in [1.29, 1.82) is 5.26 Å². The van der Waals surface area contributed by atoms with Crippen molar-refractivity contribution < 1.29 is 9.53 Å². The third kappa shape index (κ3) is 3.14. The number of aryl methyl sites for hydroxylation is 1. The smallest absolute Gasteiger partial charge is 0.275 e. The van der Waals surface area contributed by atoms with Crippen LogP contribution < -0.4 is 10.2 Å². The van der Waals surface area contributed by atoms with E-state index in [2.05, 4.69) is 26.6 Å². The van der Waals surface area contributed by atoms with Gasteiger partial charge in [-0.25, -0.2) is 4.98 Å². The van der Waals surface area contributed by atoms with Crippen molar-refractivity contribution in [2.75, 3.05) is 36.5 Å². The molecule has 23 heavy (non-hydrogen) atoms. The van der Waals surface area contributed by atoms with Gasteiger partial charge in [0.25, 0.3) is 5.91 Å². The minimum absolute atomic E-state index is 0.280. The maximum absolute atomic E-state index is 12.3. The molecule has 3 heterocycles. The first kappa shape index (κ1) is 15.0. The van der Waals surface area contributed by atoms with E-state index in [1.54, 1.807) is 12.1 Å². The van der Waals surface area contributed by atoms with Gasteiger partial charge in [-0.05, 0) is 19.1 Å². The van der Waals surface area contributed by atoms with Crippen LogP contribution in [-0.2, 0) is 4.74 Å². The van der Waals surface area contributed by atoms with Crippen molar-refractivity contribution in [3.8, 4) is 6.07 Å². The fourth-order valence-electron chi connectivity index (χ4n) is 2.38. The monoisotopic (exact) mass is 312 g/mol. The number of nitriles is 1. The lowest BCUT2D eigenvalue weighted by Gasteiger charge is -2.26. The molecule has 1 saturated heterocycles. The molecule has 3 rings (SSSR count). The maximum atomic E-state index is 12.3. The minimum atomic E-state index is -0.387. The van der Waals surface area contributed by atoms with Gasteiger partial charge in [-0.15, -0.1) is 0 Å². The van der Waals surface area contributed by atoms with Crippen molar-refractivity contribution in [1.82, 2.24) is 15.2 Å². The second-order valence-electron chi connectivity index (χ2n) is 5.13. The van der Waals surface area contributed by atoms with E-state index in [-0.39, 0.29) is 17.4 Å². The van der Waals surface area contributed by atoms with E-state index < -0.39 is 0 Å². The van der Waals surface area contributed by atoms with Crippen molar-refractivity contribution in [2.45, 2.75) is 6.92 Å². The number of nitrogens with one attached hydrogen (secondary N) is 2. The number of ether oxygens (including phenoxy) is 1. The van der Waals surface area contributed by atoms with Gasteiger partial charge in [0.15, 0.2) is 5.82 Å². The van der Waals surface area contributed by atoms with Gasteiger partial charge in [0.05, 0.1) is 13.2 Å². The Kier molecular flexibility index (Phi) is 4.21. The van der Waals surface area contributed by atoms with Crippen LogP contribution in [0.25, 0.3) is 0 Å². The fraction of sp³-hybridized carbons (Fsp3) is 0.333. The van der Waals surface area contributed by atoms with E-state index in [0.29, 0.717) is 37.7 Å². The Morgan fingerprint density at radius 3 is 2.91 bits per heavy atom. The van der Waals surface area contributed by atoms with Crippen LogP contribution in [0.15, 0.2) is 18.2 Å². The number of rotatable bonds is 3. The number of carbonyl (C=O) groups is 1. The molecule has 8 heteroatoms. The van der Waals surface area contributed by atoms with Crippen LogP contribution in [0.1, 0.15) is 21.7 Å². The zero-order chi connectivity index (χ0) is 16.2. The van der Waals surface area contributed by atoms with Crippen LogP contribution in [0, 0.1) is 18.3 Å². The predicted molar refractivity (Wildman–Crippen MR) is 83.3 cm³/mol. The molecule has 0 atom stereocenters. The highest BCUT2D eigenvalue weighted by Crippen LogP contribution is 2.24. The molecular weight excluding hydrogens is 296 g/mol. The zero-order valence-electron chi connectivity index (χ0n) is 12.7. The Hall–Kier alpha value is -2.92. The van der Waals surface area contributed by atoms with Gasteiger partial charge < -0.3 is 15.0 Å². The van der Waals surface area contributed by atoms with Gasteiger partial charge in [0.2, 0.25) is 0 Å². The summed E-state index contributed by atoms with van der Waals surface area (Å²) >= 11 is 0. The topological polar surface area (TPSA) is 107 Å². The number of morpholine rings is 1. The lowest BCUT2D eigenvalue weighted by Crippen LogP contribution is -2.36. The van der Waals surface area contributed by atoms with Crippen LogP contribution in [-0.4, -0.2) is 47.4 Å². The largest absolute Gasteiger partial charge is 0.378 e. The van der Waals surface area contributed by atoms with E-state index in [0.717, 1.165) is 5.69 Å². The summed E-state index contributed by atoms with van der Waals surface area (Å²) in [5.41, 5.74) is 1.35. The summed E-state index contributed by atoms with van der Waals surface area (Å²) in [7, 11) is 0. The highest BCUT2D eigenvalue weighted by molar-refractivity contribution is 6.03. The summed E-state index contributed by atoms with van der Waals surface area (Å²) in [6.45, 7) is 4.31. The third-order valence-corrected chi connectivity index (χ3v) is 3.53. The predicted octanol–water partition coefficient (Wildman–Crippen LogP) is 1.07. The average Bonchev–Trinajstić information content (AvgIpc) is 2.98. The molecule has 0 aromatic carbocycles. The van der Waals surface area contributed by atoms with Gasteiger partial charge in [-0.2, -0.15) is 10.4 Å². The van der Waals surface area contributed by atoms with Crippen molar-refractivity contribution in [2.24, 2.45) is 0 Å². The molecule has 1 fully saturated rings. The molecule has 8 nitrogen and oxygen atoms in total. The van der Waals surface area contributed by atoms with E-state index in [1.165, 1.54) is 0 Å². The fourth-order valence-corrected chi connectivity index (χ4v) is 2.38. The van der Waals surface area contributed by atoms with Crippen LogP contribution >= 0.6 is 0 Å². The molecule has 0 saturated carbocycles. The normalized spacial score (nSPS) is 14.3. The Morgan fingerprint density at radius 2 is 2.22 bits per heavy atom. The van der Waals surface area contributed by atoms with E-state index in [1.807, 2.05) is 17.9 Å². The molecular formula is C15H16N6O2. The second kappa shape index (κ2) is 6.46. The van der Waals surface area contributed by atoms with Crippen LogP contribution in [0.2, 0.25) is 0 Å². The molecule has 2 aromatic heterocycles. The molecule has 1 aliphatic rings. The molecule has 0 spiro atoms. The van der Waals surface area contributed by atoms with E-state index >= 15 is 0 Å². The van der Waals surface area contributed by atoms with Crippen molar-refractivity contribution >= 4 is 17.5 Å². The summed E-state index contributed by atoms with van der Waals surface area (Å²) in [5.74, 6) is 0.424. The highest BCUT2D eigenvalue weighted by Gasteiger charge is 2.22. The number of pyridine rings is 1. The molecule has 0 bridgehead atoms. The van der Waals surface area contributed by atoms with Gasteiger partial charge in [-0.3, -0.25) is 9.89 Å². The lowest BCUT2D eigenvalue weighted by atomic mass is 10.2. The van der Waals surface area contributed by atoms with E-state index in [4.69, 9.17) is 4.74 Å². The number of hydrogen-bond donors (Lipinski definition) is 2. The van der Waals surface area contributed by atoms with Crippen molar-refractivity contribution in [3.05, 3.63) is 35.2 Å². The van der Waals surface area contributed by atoms with Gasteiger partial charge in [-0.1, -0.05) is 6.07 Å². The molecule has 118 valence electrons. The molecule has 0 radical (unpaired) electrons. The number of carbonyl (C=O) groups excluding carboxylic acids is 1. The summed E-state index contributed by atoms with van der Waals surface area (Å²) < 4.78 is 5.29.